The van der Waals surface area contributed by atoms with Crippen molar-refractivity contribution < 1.29 is 4.79 Å². The molecule has 0 fully saturated rings. The lowest BCUT2D eigenvalue weighted by atomic mass is 10.1. The highest BCUT2D eigenvalue weighted by molar-refractivity contribution is 6.61. The van der Waals surface area contributed by atoms with Gasteiger partial charge in [0, 0.05) is 14.3 Å². The lowest BCUT2D eigenvalue weighted by Crippen LogP contribution is -2.31. The fraction of sp³-hybridized carbons (Fsp3) is 0.857. The van der Waals surface area contributed by atoms with E-state index in [0.29, 0.717) is 5.92 Å². The largest absolute Gasteiger partial charge is 0.370 e. The lowest BCUT2D eigenvalue weighted by molar-refractivity contribution is -0.118. The van der Waals surface area contributed by atoms with Crippen molar-refractivity contribution in [2.45, 2.75) is 32.5 Å². The van der Waals surface area contributed by atoms with Crippen LogP contribution < -0.4 is 5.73 Å². The predicted molar refractivity (Wildman–Crippen MR) is 46.7 cm³/mol. The van der Waals surface area contributed by atoms with Crippen molar-refractivity contribution in [3.8, 4) is 0 Å². The smallest absolute Gasteiger partial charge is 0.217 e. The maximum Gasteiger partial charge on any atom is 0.217 e. The molecule has 0 aromatic heterocycles. The minimum atomic E-state index is -0.876. The van der Waals surface area contributed by atoms with Gasteiger partial charge in [0.15, 0.2) is 0 Å². The Hall–Kier alpha value is -0.313. The summed E-state index contributed by atoms with van der Waals surface area (Å²) in [5, 5.41) is 0. The highest BCUT2D eigenvalue weighted by Gasteiger charge is 2.23. The topological polar surface area (TPSA) is 43.1 Å². The Labute approximate surface area is 64.4 Å². The fourth-order valence-corrected chi connectivity index (χ4v) is 3.62. The summed E-state index contributed by atoms with van der Waals surface area (Å²) in [6.45, 7) is 8.44. The quantitative estimate of drug-likeness (QED) is 0.613. The van der Waals surface area contributed by atoms with Crippen molar-refractivity contribution in [1.82, 2.24) is 0 Å². The first-order valence-electron chi connectivity index (χ1n) is 3.76. The van der Waals surface area contributed by atoms with E-state index in [9.17, 15) is 4.79 Å². The number of hydrogen-bond acceptors (Lipinski definition) is 1. The molecule has 0 aromatic carbocycles. The number of rotatable bonds is 3. The molecular weight excluding hydrogens is 142 g/mol. The molecule has 0 saturated heterocycles. The molecule has 2 nitrogen and oxygen atoms in total. The zero-order valence-electron chi connectivity index (χ0n) is 7.22. The van der Waals surface area contributed by atoms with Gasteiger partial charge in [-0.25, -0.2) is 0 Å². The molecule has 1 atom stereocenters. The Kier molecular flexibility index (Phi) is 3.64. The molecule has 0 aliphatic heterocycles. The maximum absolute atomic E-state index is 10.8. The molecule has 2 N–H and O–H groups in total. The summed E-state index contributed by atoms with van der Waals surface area (Å²) >= 11 is 0. The summed E-state index contributed by atoms with van der Waals surface area (Å²) in [5.41, 5.74) is 5.40. The van der Waals surface area contributed by atoms with Crippen LogP contribution >= 0.6 is 0 Å². The van der Waals surface area contributed by atoms with Gasteiger partial charge in [0.1, 0.15) is 0 Å². The number of carbonyl (C=O) groups excluding carboxylic acids is 1. The van der Waals surface area contributed by atoms with Gasteiger partial charge in [-0.1, -0.05) is 26.9 Å². The van der Waals surface area contributed by atoms with E-state index in [1.54, 1.807) is 0 Å². The molecule has 3 heteroatoms. The van der Waals surface area contributed by atoms with Gasteiger partial charge in [-0.15, -0.1) is 0 Å². The summed E-state index contributed by atoms with van der Waals surface area (Å²) in [4.78, 5) is 10.8. The number of amides is 1. The highest BCUT2D eigenvalue weighted by atomic mass is 28.3. The van der Waals surface area contributed by atoms with E-state index in [2.05, 4.69) is 26.9 Å². The number of nitrogens with two attached hydrogens (primary N) is 1. The van der Waals surface area contributed by atoms with Crippen molar-refractivity contribution in [2.75, 3.05) is 0 Å². The van der Waals surface area contributed by atoms with E-state index in [1.807, 2.05) is 0 Å². The van der Waals surface area contributed by atoms with Gasteiger partial charge in [0.2, 0.25) is 5.91 Å². The molecule has 0 aliphatic carbocycles. The first-order chi connectivity index (χ1) is 4.46. The van der Waals surface area contributed by atoms with Crippen LogP contribution in [-0.2, 0) is 4.79 Å². The van der Waals surface area contributed by atoms with Gasteiger partial charge in [0.25, 0.3) is 0 Å². The SMILES string of the molecule is CC(C)C(C(N)=O)[SiH](C)C. The molecular formula is C7H17NOSi. The Morgan fingerprint density at radius 2 is 1.80 bits per heavy atom. The second-order valence-corrected chi connectivity index (χ2v) is 6.62. The molecule has 0 radical (unpaired) electrons. The van der Waals surface area contributed by atoms with Gasteiger partial charge < -0.3 is 5.73 Å². The minimum Gasteiger partial charge on any atom is -0.370 e. The molecule has 0 aliphatic rings. The molecule has 0 saturated carbocycles. The Morgan fingerprint density at radius 1 is 1.40 bits per heavy atom. The van der Waals surface area contributed by atoms with Crippen LogP contribution in [0, 0.1) is 5.92 Å². The van der Waals surface area contributed by atoms with Crippen molar-refractivity contribution in [1.29, 1.82) is 0 Å². The third-order valence-corrected chi connectivity index (χ3v) is 4.30. The zero-order valence-corrected chi connectivity index (χ0v) is 8.37. The number of hydrogen-bond donors (Lipinski definition) is 1. The lowest BCUT2D eigenvalue weighted by Gasteiger charge is -2.19. The van der Waals surface area contributed by atoms with Crippen LogP contribution in [-0.4, -0.2) is 14.7 Å². The Morgan fingerprint density at radius 3 is 1.80 bits per heavy atom. The normalized spacial score (nSPS) is 14.2. The standard InChI is InChI=1S/C7H17NOSi/c1-5(2)6(7(8)9)10(3)4/h5-6,10H,1-4H3,(H2,8,9). The van der Waals surface area contributed by atoms with Crippen LogP contribution in [0.4, 0.5) is 0 Å². The summed E-state index contributed by atoms with van der Waals surface area (Å²) in [7, 11) is -0.876. The average Bonchev–Trinajstić information content (AvgIpc) is 1.59. The summed E-state index contributed by atoms with van der Waals surface area (Å²) in [5.74, 6) is 0.306. The van der Waals surface area contributed by atoms with Gasteiger partial charge in [0.05, 0.1) is 0 Å². The summed E-state index contributed by atoms with van der Waals surface area (Å²) in [6.07, 6.45) is 0. The van der Waals surface area contributed by atoms with Crippen LogP contribution in [0.1, 0.15) is 13.8 Å². The Bertz CT molecular complexity index is 115. The zero-order chi connectivity index (χ0) is 8.31. The highest BCUT2D eigenvalue weighted by Crippen LogP contribution is 2.20. The summed E-state index contributed by atoms with van der Waals surface area (Å²) < 4.78 is 0. The van der Waals surface area contributed by atoms with Crippen molar-refractivity contribution in [3.05, 3.63) is 0 Å². The van der Waals surface area contributed by atoms with Crippen molar-refractivity contribution in [2.24, 2.45) is 11.7 Å². The van der Waals surface area contributed by atoms with Crippen LogP contribution in [0.25, 0.3) is 0 Å². The summed E-state index contributed by atoms with van der Waals surface area (Å²) in [6, 6.07) is 0. The maximum atomic E-state index is 10.8. The van der Waals surface area contributed by atoms with E-state index >= 15 is 0 Å². The van der Waals surface area contributed by atoms with Gasteiger partial charge in [-0.2, -0.15) is 0 Å². The second-order valence-electron chi connectivity index (χ2n) is 3.42. The molecule has 0 heterocycles. The Balaban J connectivity index is 4.12. The van der Waals surface area contributed by atoms with Crippen LogP contribution in [0.15, 0.2) is 0 Å². The van der Waals surface area contributed by atoms with Gasteiger partial charge in [-0.3, -0.25) is 4.79 Å². The molecule has 0 spiro atoms. The predicted octanol–water partition coefficient (Wildman–Crippen LogP) is 0.985. The molecule has 60 valence electrons. The third kappa shape index (κ3) is 2.52. The third-order valence-electron chi connectivity index (χ3n) is 1.76. The first-order valence-corrected chi connectivity index (χ1v) is 6.73. The van der Waals surface area contributed by atoms with Gasteiger partial charge in [-0.05, 0) is 5.92 Å². The van der Waals surface area contributed by atoms with Crippen molar-refractivity contribution >= 4 is 14.7 Å². The molecule has 1 unspecified atom stereocenters. The van der Waals surface area contributed by atoms with E-state index in [-0.39, 0.29) is 11.4 Å². The van der Waals surface area contributed by atoms with Crippen LogP contribution in [0.5, 0.6) is 0 Å². The molecule has 0 bridgehead atoms. The second kappa shape index (κ2) is 3.76. The average molecular weight is 159 g/mol. The monoisotopic (exact) mass is 159 g/mol. The number of primary amides is 1. The molecule has 0 rings (SSSR count). The van der Waals surface area contributed by atoms with E-state index in [0.717, 1.165) is 0 Å². The van der Waals surface area contributed by atoms with E-state index < -0.39 is 8.80 Å². The molecule has 10 heavy (non-hydrogen) atoms. The minimum absolute atomic E-state index is 0.114. The molecule has 0 aromatic rings. The fourth-order valence-electron chi connectivity index (χ4n) is 1.43. The molecule has 1 amide bonds. The first kappa shape index (κ1) is 9.69. The van der Waals surface area contributed by atoms with Crippen molar-refractivity contribution in [3.63, 3.8) is 0 Å². The van der Waals surface area contributed by atoms with Crippen LogP contribution in [0.2, 0.25) is 18.6 Å². The van der Waals surface area contributed by atoms with Crippen LogP contribution in [0.3, 0.4) is 0 Å². The van der Waals surface area contributed by atoms with Gasteiger partial charge >= 0.3 is 0 Å². The number of carbonyl (C=O) groups is 1. The van der Waals surface area contributed by atoms with E-state index in [1.165, 1.54) is 0 Å². The van der Waals surface area contributed by atoms with E-state index in [4.69, 9.17) is 5.73 Å².